The van der Waals surface area contributed by atoms with E-state index in [1.54, 1.807) is 75.1 Å². The molecule has 4 unspecified atom stereocenters. The summed E-state index contributed by atoms with van der Waals surface area (Å²) >= 11 is 8.24. The lowest BCUT2D eigenvalue weighted by molar-refractivity contribution is 0.0996. The first-order valence-electron chi connectivity index (χ1n) is 36.2. The molecule has 31 nitrogen and oxygen atoms in total. The summed E-state index contributed by atoms with van der Waals surface area (Å²) in [6.07, 6.45) is 14.2. The number of fused-ring (bicyclic) bond motifs is 4. The molecule has 16 aromatic rings. The van der Waals surface area contributed by atoms with Gasteiger partial charge < -0.3 is 65.7 Å². The number of nitrogens with zero attached hydrogens (tertiary/aromatic N) is 16. The third-order valence-electron chi connectivity index (χ3n) is 19.0. The van der Waals surface area contributed by atoms with E-state index in [0.717, 1.165) is 139 Å². The lowest BCUT2D eigenvalue weighted by atomic mass is 10.1. The van der Waals surface area contributed by atoms with E-state index in [0.29, 0.717) is 116 Å². The van der Waals surface area contributed by atoms with Crippen molar-refractivity contribution in [3.05, 3.63) is 120 Å². The lowest BCUT2D eigenvalue weighted by Gasteiger charge is -2.11. The minimum atomic E-state index is -1.31. The van der Waals surface area contributed by atoms with Gasteiger partial charge in [0.2, 0.25) is 0 Å². The molecule has 0 fully saturated rings. The highest BCUT2D eigenvalue weighted by Crippen LogP contribution is 2.48. The molecule has 16 heterocycles. The van der Waals surface area contributed by atoms with Crippen LogP contribution in [-0.2, 0) is 85.6 Å². The van der Waals surface area contributed by atoms with Gasteiger partial charge in [-0.25, -0.2) is 49.8 Å². The maximum Gasteiger partial charge on any atom is 0.268 e. The van der Waals surface area contributed by atoms with Crippen LogP contribution in [0, 0.1) is 20.8 Å². The van der Waals surface area contributed by atoms with Crippen LogP contribution in [0.3, 0.4) is 0 Å². The van der Waals surface area contributed by atoms with E-state index in [2.05, 4.69) is 70.6 Å². The van der Waals surface area contributed by atoms with Gasteiger partial charge in [0.25, 0.3) is 5.91 Å². The summed E-state index contributed by atoms with van der Waals surface area (Å²) in [4.78, 5) is 59.9. The van der Waals surface area contributed by atoms with Gasteiger partial charge in [-0.15, -0.1) is 68.0 Å². The van der Waals surface area contributed by atoms with Crippen LogP contribution in [0.4, 0.5) is 22.7 Å². The number of nitrogens with one attached hydrogen (secondary N) is 1. The van der Waals surface area contributed by atoms with E-state index < -0.39 is 49.1 Å². The van der Waals surface area contributed by atoms with Gasteiger partial charge in [0, 0.05) is 134 Å². The smallest absolute Gasteiger partial charge is 0.268 e. The number of ether oxygens (including phenoxy) is 3. The second kappa shape index (κ2) is 37.0. The Bertz CT molecular complexity index is 6200. The number of anilines is 4. The zero-order valence-corrected chi connectivity index (χ0v) is 74.1. The number of hydrogen-bond donors (Lipinski definition) is 6. The van der Waals surface area contributed by atoms with Crippen LogP contribution < -0.4 is 28.7 Å². The van der Waals surface area contributed by atoms with Crippen molar-refractivity contribution in [3.63, 3.8) is 0 Å². The molecule has 0 saturated heterocycles. The van der Waals surface area contributed by atoms with Crippen molar-refractivity contribution >= 4 is 181 Å². The molecule has 0 radical (unpaired) electrons. The van der Waals surface area contributed by atoms with Gasteiger partial charge in [0.1, 0.15) is 92.2 Å². The van der Waals surface area contributed by atoms with Gasteiger partial charge in [-0.2, -0.15) is 5.10 Å². The van der Waals surface area contributed by atoms with Gasteiger partial charge in [-0.05, 0) is 57.5 Å². The Morgan fingerprint density at radius 3 is 1.28 bits per heavy atom. The maximum absolute atomic E-state index is 12.9. The minimum absolute atomic E-state index is 0.187. The molecule has 0 spiro atoms. The molecule has 11 N–H and O–H groups in total. The third-order valence-corrected chi connectivity index (χ3v) is 32.3. The molecule has 4 atom stereocenters. The van der Waals surface area contributed by atoms with Gasteiger partial charge >= 0.3 is 0 Å². The number of aromatic amines is 1. The molecule has 41 heteroatoms. The lowest BCUT2D eigenvalue weighted by Crippen LogP contribution is -2.11. The number of aromatic nitrogens is 17. The number of pyridine rings is 4. The average Bonchev–Trinajstić information content (AvgIpc) is 1.62. The topological polar surface area (TPSA) is 446 Å². The summed E-state index contributed by atoms with van der Waals surface area (Å²) in [5.74, 6) is 5.59. The number of unbranched alkanes of at least 4 members (excludes halogenated alkanes) is 1. The molecule has 0 aliphatic rings. The molecule has 0 bridgehead atoms. The van der Waals surface area contributed by atoms with Gasteiger partial charge in [0.05, 0.1) is 168 Å². The number of thiazole rings is 2. The quantitative estimate of drug-likeness (QED) is 0.0293. The van der Waals surface area contributed by atoms with E-state index in [9.17, 15) is 21.6 Å². The number of carbonyl (C=O) groups is 1. The normalized spacial score (nSPS) is 12.7. The number of aryl methyl sites for hydroxylation is 3. The number of methoxy groups -OCH3 is 3. The summed E-state index contributed by atoms with van der Waals surface area (Å²) in [5.41, 5.74) is 44.2. The molecule has 0 aliphatic carbocycles. The Kier molecular flexibility index (Phi) is 26.8. The van der Waals surface area contributed by atoms with Crippen LogP contribution in [0.15, 0.2) is 112 Å². The molecule has 16 aromatic heterocycles. The monoisotopic (exact) mass is 1770 g/mol. The summed E-state index contributed by atoms with van der Waals surface area (Å²) in [6, 6.07) is 11.4. The minimum Gasteiger partial charge on any atom is -0.396 e. The zero-order chi connectivity index (χ0) is 83.4. The molecule has 612 valence electrons. The van der Waals surface area contributed by atoms with Crippen molar-refractivity contribution in [2.24, 2.45) is 33.9 Å². The first-order chi connectivity index (χ1) is 56.2. The number of amides is 1. The predicted octanol–water partition coefficient (Wildman–Crippen LogP) is 13.7. The van der Waals surface area contributed by atoms with Crippen LogP contribution >= 0.6 is 68.0 Å². The molecule has 0 aromatic carbocycles. The highest BCUT2D eigenvalue weighted by Gasteiger charge is 2.29. The first-order valence-corrected chi connectivity index (χ1v) is 46.5. The van der Waals surface area contributed by atoms with Crippen molar-refractivity contribution in [2.75, 3.05) is 87.1 Å². The Labute approximate surface area is 705 Å². The standard InChI is InChI=1S/C21H25N5OS3.C19H20N6O3S3.C18H20N6O2S2.C18H19N5O3S2/c1-5-6-9-30(27)21-17(22)16-13(15-11-24-18(12(2)3)26(15)4)10-14(25-20(16)29-21)19-23-7-8-28-19;1-9-22-7-13(25(9)2)10-6-11(17-24-12(8-29-17)16(21)26)23-18-14(10)15(20)19(30-18)31(27)5-4-28-3;1-10-20-9-14(24(10)2)11-8-13(12-4-5-21-23-12)22-17-15(11)16(19)18(27-17)28(25)7-6-26-3;1-10-20-9-13(23(10)2)11-8-12(14-4-5-21-26-14)22-17-15(11)16(19)18(27-17)28(24)7-6-25-3/h7-8,10-12H,5-6,9,22H2,1-4H3;6-8H,4-5,20H2,1-3H3,(H2,21,26);4-5,8-9H,6-7,19H2,1-3H3,(H,21,23);4-5,8-9H,6-7,19H2,1-3H3. The van der Waals surface area contributed by atoms with Crippen molar-refractivity contribution in [1.82, 2.24) is 83.5 Å². The highest BCUT2D eigenvalue weighted by atomic mass is 32.2. The fourth-order valence-electron chi connectivity index (χ4n) is 12.6. The fourth-order valence-corrected chi connectivity index (χ4v) is 24.4. The SMILES string of the molecule is CCCCS(=O)c1sc2nc(-c3nccs3)cc(-c3cnc(C(C)C)n3C)c2c1N.COCCS(=O)c1sc2nc(-c3ccn[nH]3)cc(-c3cnc(C)n3C)c2c1N.COCCS(=O)c1sc2nc(-c3ccno3)cc(-c3cnc(C)n3C)c2c1N.COCCS(=O)c1sc2nc(-c3nc(C(N)=O)cs3)cc(-c3cnc(C)n3C)c2c1N. The summed E-state index contributed by atoms with van der Waals surface area (Å²) in [7, 11) is 7.62. The van der Waals surface area contributed by atoms with Crippen LogP contribution in [-0.4, -0.2) is 170 Å². The molecular formula is C76H84N22O9S10. The van der Waals surface area contributed by atoms with E-state index in [-0.39, 0.29) is 5.69 Å². The van der Waals surface area contributed by atoms with Crippen LogP contribution in [0.5, 0.6) is 0 Å². The number of primary amides is 1. The average molecular weight is 1770 g/mol. The number of carbonyl (C=O) groups excluding carboxylic acids is 1. The largest absolute Gasteiger partial charge is 0.396 e. The Hall–Kier alpha value is -9.89. The van der Waals surface area contributed by atoms with E-state index >= 15 is 0 Å². The van der Waals surface area contributed by atoms with E-state index in [1.807, 2.05) is 111 Å². The van der Waals surface area contributed by atoms with Crippen molar-refractivity contribution in [1.29, 1.82) is 0 Å². The van der Waals surface area contributed by atoms with Crippen molar-refractivity contribution in [2.45, 2.75) is 77.1 Å². The number of nitrogen functional groups attached to an aromatic ring is 4. The number of H-pyrrole nitrogens is 1. The maximum atomic E-state index is 12.9. The number of nitrogens with two attached hydrogens (primary N) is 5. The number of thiophene rings is 4. The molecule has 1 amide bonds. The van der Waals surface area contributed by atoms with Crippen LogP contribution in [0.2, 0.25) is 0 Å². The van der Waals surface area contributed by atoms with Gasteiger partial charge in [-0.1, -0.05) is 32.3 Å². The van der Waals surface area contributed by atoms with Crippen molar-refractivity contribution in [3.8, 4) is 89.3 Å². The number of rotatable bonds is 26. The Balaban J connectivity index is 0.000000136. The van der Waals surface area contributed by atoms with E-state index in [1.165, 1.54) is 56.7 Å². The van der Waals surface area contributed by atoms with Gasteiger partial charge in [0.15, 0.2) is 5.76 Å². The summed E-state index contributed by atoms with van der Waals surface area (Å²) in [5, 5.41) is 18.9. The molecule has 117 heavy (non-hydrogen) atoms. The molecule has 16 rings (SSSR count). The number of imidazole rings is 4. The van der Waals surface area contributed by atoms with Crippen molar-refractivity contribution < 1.29 is 40.4 Å². The molecule has 0 saturated carbocycles. The Morgan fingerprint density at radius 1 is 0.513 bits per heavy atom. The fraction of sp³-hybridized carbons (Fsp3) is 0.303. The predicted molar refractivity (Wildman–Crippen MR) is 473 cm³/mol. The van der Waals surface area contributed by atoms with Gasteiger partial charge in [-0.3, -0.25) is 26.7 Å². The van der Waals surface area contributed by atoms with Crippen LogP contribution in [0.25, 0.3) is 130 Å². The molecule has 0 aliphatic heterocycles. The summed E-state index contributed by atoms with van der Waals surface area (Å²) < 4.78 is 82.2. The Morgan fingerprint density at radius 2 is 0.923 bits per heavy atom. The van der Waals surface area contributed by atoms with E-state index in [4.69, 9.17) is 67.3 Å². The third kappa shape index (κ3) is 17.5. The second-order valence-electron chi connectivity index (χ2n) is 26.7. The van der Waals surface area contributed by atoms with Crippen LogP contribution in [0.1, 0.15) is 73.3 Å². The highest BCUT2D eigenvalue weighted by molar-refractivity contribution is 7.88. The first kappa shape index (κ1) is 85.0. The summed E-state index contributed by atoms with van der Waals surface area (Å²) in [6.45, 7) is 13.3. The number of hydrogen-bond acceptors (Lipinski definition) is 31. The molecular weight excluding hydrogens is 1690 g/mol. The second-order valence-corrected chi connectivity index (χ2v) is 39.5. The zero-order valence-electron chi connectivity index (χ0n) is 65.9.